The number of amides is 1. The van der Waals surface area contributed by atoms with Gasteiger partial charge in [-0.25, -0.2) is 0 Å². The molecule has 2 N–H and O–H groups in total. The second kappa shape index (κ2) is 7.05. The van der Waals surface area contributed by atoms with E-state index in [9.17, 15) is 14.7 Å². The number of aryl methyl sites for hydroxylation is 1. The third kappa shape index (κ3) is 4.06. The molecule has 1 unspecified atom stereocenters. The van der Waals surface area contributed by atoms with Crippen molar-refractivity contribution in [3.8, 4) is 0 Å². The number of carbonyl (C=O) groups is 2. The number of rotatable bonds is 6. The molecule has 20 heavy (non-hydrogen) atoms. The molecule has 5 heteroatoms. The normalized spacial score (nSPS) is 22.3. The fraction of sp³-hybridized carbons (Fsp3) is 0.467. The van der Waals surface area contributed by atoms with Crippen molar-refractivity contribution in [2.75, 3.05) is 19.6 Å². The average molecular weight is 276 g/mol. The Morgan fingerprint density at radius 2 is 2.10 bits per heavy atom. The molecule has 1 heterocycles. The van der Waals surface area contributed by atoms with Gasteiger partial charge in [0.25, 0.3) is 5.91 Å². The predicted molar refractivity (Wildman–Crippen MR) is 71.9 cm³/mol. The van der Waals surface area contributed by atoms with Crippen LogP contribution >= 0.6 is 0 Å². The van der Waals surface area contributed by atoms with Crippen LogP contribution in [0, 0.1) is 0 Å². The van der Waals surface area contributed by atoms with E-state index in [1.54, 1.807) is 0 Å². The van der Waals surface area contributed by atoms with Gasteiger partial charge < -0.3 is 20.1 Å². The molecule has 0 aromatic heterocycles. The summed E-state index contributed by atoms with van der Waals surface area (Å²) in [4.78, 5) is 23.5. The summed E-state index contributed by atoms with van der Waals surface area (Å²) in [5.74, 6) is -1.33. The Hall–Kier alpha value is -1.88. The lowest BCUT2D eigenvalue weighted by atomic mass is 10.1. The van der Waals surface area contributed by atoms with Crippen LogP contribution in [0.25, 0.3) is 0 Å². The number of carbonyl (C=O) groups excluding carboxylic acids is 2. The van der Waals surface area contributed by atoms with E-state index >= 15 is 0 Å². The van der Waals surface area contributed by atoms with Crippen molar-refractivity contribution in [3.05, 3.63) is 35.9 Å². The van der Waals surface area contributed by atoms with Crippen LogP contribution in [0.15, 0.2) is 30.3 Å². The molecule has 1 aromatic rings. The van der Waals surface area contributed by atoms with Crippen molar-refractivity contribution >= 4 is 11.9 Å². The number of piperazine rings is 1. The number of quaternary nitrogens is 1. The zero-order chi connectivity index (χ0) is 14.4. The summed E-state index contributed by atoms with van der Waals surface area (Å²) in [6.07, 6.45) is 1.69. The molecule has 5 nitrogen and oxygen atoms in total. The molecule has 0 bridgehead atoms. The van der Waals surface area contributed by atoms with Crippen LogP contribution in [0.2, 0.25) is 0 Å². The summed E-state index contributed by atoms with van der Waals surface area (Å²) in [6.45, 7) is 2.20. The first kappa shape index (κ1) is 14.5. The molecular formula is C15H20N2O3. The summed E-state index contributed by atoms with van der Waals surface area (Å²) in [7, 11) is 0. The maximum Gasteiger partial charge on any atom is 0.278 e. The fourth-order valence-electron chi connectivity index (χ4n) is 2.70. The van der Waals surface area contributed by atoms with Gasteiger partial charge in [-0.05, 0) is 12.0 Å². The molecule has 0 radical (unpaired) electrons. The minimum absolute atomic E-state index is 0.171. The molecule has 0 spiro atoms. The first-order valence-corrected chi connectivity index (χ1v) is 7.03. The quantitative estimate of drug-likeness (QED) is 0.640. The van der Waals surface area contributed by atoms with E-state index < -0.39 is 12.0 Å². The van der Waals surface area contributed by atoms with Crippen molar-refractivity contribution in [2.45, 2.75) is 25.3 Å². The van der Waals surface area contributed by atoms with E-state index in [0.717, 1.165) is 30.8 Å². The Labute approximate surface area is 118 Å². The van der Waals surface area contributed by atoms with Crippen LogP contribution in [0.1, 0.15) is 18.4 Å². The summed E-state index contributed by atoms with van der Waals surface area (Å²) in [5, 5.41) is 13.5. The molecule has 108 valence electrons. The molecule has 1 aliphatic heterocycles. The lowest BCUT2D eigenvalue weighted by Crippen LogP contribution is -3.19. The third-order valence-corrected chi connectivity index (χ3v) is 3.73. The van der Waals surface area contributed by atoms with Gasteiger partial charge in [-0.15, -0.1) is 0 Å². The molecule has 1 amide bonds. The number of hydrogen-bond acceptors (Lipinski definition) is 3. The van der Waals surface area contributed by atoms with E-state index in [0.29, 0.717) is 6.54 Å². The predicted octanol–water partition coefficient (Wildman–Crippen LogP) is -1.86. The topological polar surface area (TPSA) is 73.7 Å². The van der Waals surface area contributed by atoms with Crippen molar-refractivity contribution in [3.63, 3.8) is 0 Å². The summed E-state index contributed by atoms with van der Waals surface area (Å²) in [5.41, 5.74) is 1.27. The lowest BCUT2D eigenvalue weighted by molar-refractivity contribution is -0.917. The Bertz CT molecular complexity index is 461. The standard InChI is InChI=1S/C15H20N2O3/c18-14(19)11-13-15(20)16-8-10-17(13)9-4-7-12-5-2-1-3-6-12/h1-3,5-6,13H,4,7-11H2,(H,16,20)(H,18,19)/t13-/m0/s1. The van der Waals surface area contributed by atoms with Gasteiger partial charge in [-0.3, -0.25) is 4.79 Å². The summed E-state index contributed by atoms with van der Waals surface area (Å²) < 4.78 is 0. The molecule has 0 saturated carbocycles. The lowest BCUT2D eigenvalue weighted by Gasteiger charge is -2.32. The number of aliphatic carboxylic acids is 1. The van der Waals surface area contributed by atoms with Gasteiger partial charge in [0, 0.05) is 18.8 Å². The Balaban J connectivity index is 1.86. The zero-order valence-electron chi connectivity index (χ0n) is 11.4. The Morgan fingerprint density at radius 1 is 1.35 bits per heavy atom. The molecule has 2 rings (SSSR count). The van der Waals surface area contributed by atoms with Gasteiger partial charge in [0.2, 0.25) is 0 Å². The number of hydrogen-bond donors (Lipinski definition) is 2. The van der Waals surface area contributed by atoms with E-state index in [4.69, 9.17) is 0 Å². The summed E-state index contributed by atoms with van der Waals surface area (Å²) in [6, 6.07) is 9.66. The SMILES string of the molecule is O=C([O-])C[C@H]1C(=O)NCC[NH+]1CCCc1ccccc1. The maximum absolute atomic E-state index is 11.8. The van der Waals surface area contributed by atoms with Gasteiger partial charge in [0.05, 0.1) is 19.6 Å². The van der Waals surface area contributed by atoms with Gasteiger partial charge >= 0.3 is 0 Å². The highest BCUT2D eigenvalue weighted by Gasteiger charge is 2.32. The highest BCUT2D eigenvalue weighted by atomic mass is 16.4. The first-order chi connectivity index (χ1) is 9.66. The molecule has 2 atom stereocenters. The Morgan fingerprint density at radius 3 is 2.80 bits per heavy atom. The number of carboxylic acid groups (broad SMARTS) is 1. The van der Waals surface area contributed by atoms with Gasteiger partial charge in [-0.1, -0.05) is 30.3 Å². The second-order valence-corrected chi connectivity index (χ2v) is 5.17. The Kier molecular flexibility index (Phi) is 5.12. The number of carboxylic acids is 1. The van der Waals surface area contributed by atoms with Crippen LogP contribution in [-0.4, -0.2) is 37.6 Å². The number of benzene rings is 1. The minimum atomic E-state index is -1.16. The highest BCUT2D eigenvalue weighted by Crippen LogP contribution is 2.01. The van der Waals surface area contributed by atoms with Crippen LogP contribution in [0.4, 0.5) is 0 Å². The minimum Gasteiger partial charge on any atom is -0.550 e. The van der Waals surface area contributed by atoms with Gasteiger partial charge in [0.15, 0.2) is 6.04 Å². The van der Waals surface area contributed by atoms with Gasteiger partial charge in [0.1, 0.15) is 0 Å². The highest BCUT2D eigenvalue weighted by molar-refractivity contribution is 5.84. The fourth-order valence-corrected chi connectivity index (χ4v) is 2.70. The third-order valence-electron chi connectivity index (χ3n) is 3.73. The largest absolute Gasteiger partial charge is 0.550 e. The average Bonchev–Trinajstić information content (AvgIpc) is 2.43. The maximum atomic E-state index is 11.8. The van der Waals surface area contributed by atoms with E-state index in [1.807, 2.05) is 18.2 Å². The summed E-state index contributed by atoms with van der Waals surface area (Å²) >= 11 is 0. The van der Waals surface area contributed by atoms with Gasteiger partial charge in [-0.2, -0.15) is 0 Å². The van der Waals surface area contributed by atoms with Crippen molar-refractivity contribution in [1.82, 2.24) is 5.32 Å². The monoisotopic (exact) mass is 276 g/mol. The molecule has 1 aromatic carbocycles. The van der Waals surface area contributed by atoms with E-state index in [2.05, 4.69) is 17.4 Å². The van der Waals surface area contributed by atoms with Crippen LogP contribution < -0.4 is 15.3 Å². The molecule has 1 saturated heterocycles. The molecule has 1 aliphatic rings. The molecule has 1 fully saturated rings. The van der Waals surface area contributed by atoms with E-state index in [1.165, 1.54) is 5.56 Å². The first-order valence-electron chi connectivity index (χ1n) is 7.03. The van der Waals surface area contributed by atoms with Crippen molar-refractivity contribution < 1.29 is 19.6 Å². The number of nitrogens with one attached hydrogen (secondary N) is 2. The second-order valence-electron chi connectivity index (χ2n) is 5.17. The van der Waals surface area contributed by atoms with Crippen molar-refractivity contribution in [1.29, 1.82) is 0 Å². The van der Waals surface area contributed by atoms with Crippen LogP contribution in [0.5, 0.6) is 0 Å². The van der Waals surface area contributed by atoms with Crippen molar-refractivity contribution in [2.24, 2.45) is 0 Å². The molecule has 0 aliphatic carbocycles. The van der Waals surface area contributed by atoms with Crippen LogP contribution in [-0.2, 0) is 16.0 Å². The smallest absolute Gasteiger partial charge is 0.278 e. The molecular weight excluding hydrogens is 256 g/mol. The van der Waals surface area contributed by atoms with E-state index in [-0.39, 0.29) is 12.3 Å². The zero-order valence-corrected chi connectivity index (χ0v) is 11.4. The van der Waals surface area contributed by atoms with Crippen LogP contribution in [0.3, 0.4) is 0 Å².